The van der Waals surface area contributed by atoms with Gasteiger partial charge in [0.25, 0.3) is 0 Å². The maximum absolute atomic E-state index is 8.90. The molecule has 0 amide bonds. The van der Waals surface area contributed by atoms with E-state index in [-0.39, 0.29) is 0 Å². The number of benzene rings is 3. The second kappa shape index (κ2) is 10.9. The Labute approximate surface area is 186 Å². The molecular weight excluding hydrogens is 414 g/mol. The van der Waals surface area contributed by atoms with E-state index < -0.39 is 0 Å². The summed E-state index contributed by atoms with van der Waals surface area (Å²) in [6, 6.07) is 20.4. The molecule has 0 radical (unpaired) electrons. The molecule has 0 spiro atoms. The van der Waals surface area contributed by atoms with E-state index in [2.05, 4.69) is 16.6 Å². The predicted octanol–water partition coefficient (Wildman–Crippen LogP) is 4.93. The second-order valence-corrected chi connectivity index (χ2v) is 7.00. The topological polar surface area (TPSA) is 75.9 Å². The second-order valence-electron chi connectivity index (χ2n) is 6.56. The van der Waals surface area contributed by atoms with Gasteiger partial charge in [-0.05, 0) is 53.6 Å². The first-order valence-electron chi connectivity index (χ1n) is 9.51. The molecular formula is C24H22ClN3O3. The summed E-state index contributed by atoms with van der Waals surface area (Å²) in [4.78, 5) is 0. The summed E-state index contributed by atoms with van der Waals surface area (Å²) in [6.45, 7) is 0.881. The smallest absolute Gasteiger partial charge is 0.161 e. The third-order valence-electron chi connectivity index (χ3n) is 4.48. The molecule has 158 valence electrons. The number of nitrogens with zero attached hydrogens (tertiary/aromatic N) is 2. The third-order valence-corrected chi connectivity index (χ3v) is 4.71. The van der Waals surface area contributed by atoms with Crippen LogP contribution in [0.5, 0.6) is 17.2 Å². The minimum absolute atomic E-state index is 0.368. The van der Waals surface area contributed by atoms with Gasteiger partial charge in [-0.15, -0.1) is 0 Å². The van der Waals surface area contributed by atoms with Gasteiger partial charge in [0.2, 0.25) is 0 Å². The van der Waals surface area contributed by atoms with E-state index in [1.54, 1.807) is 44.7 Å². The first-order chi connectivity index (χ1) is 15.1. The van der Waals surface area contributed by atoms with Crippen LogP contribution in [0.15, 0.2) is 65.8 Å². The van der Waals surface area contributed by atoms with Crippen LogP contribution in [0.1, 0.15) is 22.3 Å². The van der Waals surface area contributed by atoms with E-state index in [0.717, 1.165) is 16.7 Å². The Morgan fingerprint density at radius 2 is 1.65 bits per heavy atom. The van der Waals surface area contributed by atoms with Gasteiger partial charge >= 0.3 is 0 Å². The molecule has 0 heterocycles. The molecule has 6 nitrogen and oxygen atoms in total. The first-order valence-corrected chi connectivity index (χ1v) is 9.89. The Morgan fingerprint density at radius 1 is 0.935 bits per heavy atom. The average molecular weight is 436 g/mol. The number of ether oxygens (including phenoxy) is 3. The molecule has 3 rings (SSSR count). The van der Waals surface area contributed by atoms with Gasteiger partial charge in [0.05, 0.1) is 38.6 Å². The molecule has 0 saturated heterocycles. The number of methoxy groups -OCH3 is 2. The van der Waals surface area contributed by atoms with Crippen molar-refractivity contribution in [1.82, 2.24) is 5.43 Å². The molecule has 0 aliphatic heterocycles. The van der Waals surface area contributed by atoms with Crippen LogP contribution >= 0.6 is 11.6 Å². The fraction of sp³-hybridized carbons (Fsp3) is 0.167. The predicted molar refractivity (Wildman–Crippen MR) is 121 cm³/mol. The minimum Gasteiger partial charge on any atom is -0.493 e. The Kier molecular flexibility index (Phi) is 7.74. The maximum atomic E-state index is 8.90. The van der Waals surface area contributed by atoms with Crippen molar-refractivity contribution < 1.29 is 14.2 Å². The molecule has 0 bridgehead atoms. The van der Waals surface area contributed by atoms with Crippen molar-refractivity contribution in [1.29, 1.82) is 5.26 Å². The van der Waals surface area contributed by atoms with Gasteiger partial charge < -0.3 is 19.6 Å². The largest absolute Gasteiger partial charge is 0.493 e. The van der Waals surface area contributed by atoms with Crippen molar-refractivity contribution in [3.63, 3.8) is 0 Å². The zero-order chi connectivity index (χ0) is 22.1. The van der Waals surface area contributed by atoms with Crippen molar-refractivity contribution in [2.75, 3.05) is 14.2 Å². The maximum Gasteiger partial charge on any atom is 0.161 e. The zero-order valence-corrected chi connectivity index (χ0v) is 18.0. The highest BCUT2D eigenvalue weighted by molar-refractivity contribution is 6.30. The normalized spacial score (nSPS) is 10.5. The fourth-order valence-electron chi connectivity index (χ4n) is 2.83. The summed E-state index contributed by atoms with van der Waals surface area (Å²) >= 11 is 6.14. The van der Waals surface area contributed by atoms with Crippen molar-refractivity contribution in [2.24, 2.45) is 5.10 Å². The number of hydrogen-bond donors (Lipinski definition) is 1. The quantitative estimate of drug-likeness (QED) is 0.381. The molecule has 0 aliphatic carbocycles. The molecule has 7 heteroatoms. The summed E-state index contributed by atoms with van der Waals surface area (Å²) in [5, 5.41) is 13.8. The summed E-state index contributed by atoms with van der Waals surface area (Å²) in [6.07, 6.45) is 1.67. The van der Waals surface area contributed by atoms with E-state index in [1.807, 2.05) is 36.4 Å². The van der Waals surface area contributed by atoms with Crippen LogP contribution in [-0.2, 0) is 13.2 Å². The first kappa shape index (κ1) is 22.0. The van der Waals surface area contributed by atoms with Crippen LogP contribution in [0.4, 0.5) is 0 Å². The summed E-state index contributed by atoms with van der Waals surface area (Å²) in [5.74, 6) is 2.00. The molecule has 0 atom stereocenters. The van der Waals surface area contributed by atoms with Gasteiger partial charge in [-0.2, -0.15) is 10.4 Å². The number of rotatable bonds is 9. The standard InChI is InChI=1S/C24H22ClN3O3/c1-29-23-9-7-19(11-24(23)30-2)14-27-28-15-20-12-21(25)8-10-22(20)31-16-18-5-3-17(13-26)4-6-18/h3-12,15,27H,14,16H2,1-2H3/b28-15-. The van der Waals surface area contributed by atoms with E-state index in [9.17, 15) is 0 Å². The lowest BCUT2D eigenvalue weighted by Gasteiger charge is -2.10. The molecule has 0 aromatic heterocycles. The summed E-state index contributed by atoms with van der Waals surface area (Å²) < 4.78 is 16.5. The van der Waals surface area contributed by atoms with Gasteiger partial charge in [-0.1, -0.05) is 29.8 Å². The molecule has 31 heavy (non-hydrogen) atoms. The molecule has 0 fully saturated rings. The summed E-state index contributed by atoms with van der Waals surface area (Å²) in [7, 11) is 3.21. The highest BCUT2D eigenvalue weighted by Gasteiger charge is 2.06. The lowest BCUT2D eigenvalue weighted by atomic mass is 10.1. The van der Waals surface area contributed by atoms with E-state index >= 15 is 0 Å². The van der Waals surface area contributed by atoms with Gasteiger partial charge in [0.15, 0.2) is 11.5 Å². The number of nitrogens with one attached hydrogen (secondary N) is 1. The van der Waals surface area contributed by atoms with Gasteiger partial charge in [0.1, 0.15) is 12.4 Å². The molecule has 0 saturated carbocycles. The van der Waals surface area contributed by atoms with Crippen LogP contribution in [-0.4, -0.2) is 20.4 Å². The Morgan fingerprint density at radius 3 is 2.35 bits per heavy atom. The van der Waals surface area contributed by atoms with Crippen molar-refractivity contribution in [2.45, 2.75) is 13.2 Å². The van der Waals surface area contributed by atoms with E-state index in [1.165, 1.54) is 0 Å². The Bertz CT molecular complexity index is 1090. The van der Waals surface area contributed by atoms with E-state index in [0.29, 0.717) is 41.0 Å². The van der Waals surface area contributed by atoms with Crippen LogP contribution < -0.4 is 19.6 Å². The zero-order valence-electron chi connectivity index (χ0n) is 17.3. The monoisotopic (exact) mass is 435 g/mol. The highest BCUT2D eigenvalue weighted by atomic mass is 35.5. The van der Waals surface area contributed by atoms with Gasteiger partial charge in [-0.3, -0.25) is 0 Å². The van der Waals surface area contributed by atoms with Gasteiger partial charge in [0, 0.05) is 10.6 Å². The SMILES string of the molecule is COc1ccc(CN/N=C\c2cc(Cl)ccc2OCc2ccc(C#N)cc2)cc1OC. The fourth-order valence-corrected chi connectivity index (χ4v) is 3.01. The van der Waals surface area contributed by atoms with Crippen LogP contribution in [0.3, 0.4) is 0 Å². The highest BCUT2D eigenvalue weighted by Crippen LogP contribution is 2.27. The van der Waals surface area contributed by atoms with Crippen LogP contribution in [0.25, 0.3) is 0 Å². The molecule has 0 unspecified atom stereocenters. The lowest BCUT2D eigenvalue weighted by molar-refractivity contribution is 0.306. The molecule has 3 aromatic carbocycles. The number of halogens is 1. The molecule has 1 N–H and O–H groups in total. The Hall–Kier alpha value is -3.69. The lowest BCUT2D eigenvalue weighted by Crippen LogP contribution is -2.06. The number of hydrazone groups is 1. The summed E-state index contributed by atoms with van der Waals surface area (Å²) in [5.41, 5.74) is 6.34. The molecule has 0 aliphatic rings. The van der Waals surface area contributed by atoms with Crippen LogP contribution in [0, 0.1) is 11.3 Å². The third kappa shape index (κ3) is 6.14. The number of hydrogen-bond acceptors (Lipinski definition) is 6. The minimum atomic E-state index is 0.368. The van der Waals surface area contributed by atoms with E-state index in [4.69, 9.17) is 31.1 Å². The van der Waals surface area contributed by atoms with Crippen LogP contribution in [0.2, 0.25) is 5.02 Å². The number of nitriles is 1. The molecule has 3 aromatic rings. The Balaban J connectivity index is 1.63. The van der Waals surface area contributed by atoms with Crippen molar-refractivity contribution in [3.8, 4) is 23.3 Å². The van der Waals surface area contributed by atoms with Gasteiger partial charge in [-0.25, -0.2) is 0 Å². The average Bonchev–Trinajstić information content (AvgIpc) is 2.81. The van der Waals surface area contributed by atoms with Crippen molar-refractivity contribution in [3.05, 3.63) is 87.9 Å². The van der Waals surface area contributed by atoms with Crippen molar-refractivity contribution >= 4 is 17.8 Å².